The van der Waals surface area contributed by atoms with Crippen molar-refractivity contribution < 1.29 is 9.90 Å². The first-order chi connectivity index (χ1) is 10.8. The predicted molar refractivity (Wildman–Crippen MR) is 90.5 cm³/mol. The standard InChI is InChI=1S/C21H28O2/c1-4-21(23)12-9-18-16-6-5-14-13-15(22)7-10-19(14,2)17(16)8-11-20(18,21)3/h1,13,16-18,23H,5-12H2,2-3H3/t16-,17+,18+,19+,20+,21+/m0/s1/i1+1,4+1. The lowest BCUT2D eigenvalue weighted by atomic mass is 9.47. The van der Waals surface area contributed by atoms with Gasteiger partial charge in [-0.15, -0.1) is 6.42 Å². The maximum atomic E-state index is 11.8. The summed E-state index contributed by atoms with van der Waals surface area (Å²) < 4.78 is 0. The molecule has 124 valence electrons. The third kappa shape index (κ3) is 1.84. The zero-order chi connectivity index (χ0) is 16.5. The van der Waals surface area contributed by atoms with Crippen LogP contribution in [0.25, 0.3) is 0 Å². The van der Waals surface area contributed by atoms with E-state index in [9.17, 15) is 9.90 Å². The van der Waals surface area contributed by atoms with E-state index in [1.807, 2.05) is 6.08 Å². The van der Waals surface area contributed by atoms with Crippen molar-refractivity contribution >= 4 is 5.78 Å². The Balaban J connectivity index is 1.70. The molecule has 2 nitrogen and oxygen atoms in total. The van der Waals surface area contributed by atoms with E-state index in [1.54, 1.807) is 0 Å². The van der Waals surface area contributed by atoms with Crippen molar-refractivity contribution in [1.82, 2.24) is 0 Å². The Morgan fingerprint density at radius 1 is 1.13 bits per heavy atom. The third-order valence-corrected chi connectivity index (χ3v) is 8.35. The van der Waals surface area contributed by atoms with Gasteiger partial charge < -0.3 is 5.11 Å². The van der Waals surface area contributed by atoms with E-state index in [2.05, 4.69) is 19.8 Å². The maximum Gasteiger partial charge on any atom is 0.155 e. The highest BCUT2D eigenvalue weighted by Crippen LogP contribution is 2.67. The number of rotatable bonds is 0. The fourth-order valence-corrected chi connectivity index (χ4v) is 6.81. The molecule has 0 aromatic heterocycles. The van der Waals surface area contributed by atoms with Crippen molar-refractivity contribution in [2.24, 2.45) is 28.6 Å². The molecule has 0 unspecified atom stereocenters. The Labute approximate surface area is 139 Å². The van der Waals surface area contributed by atoms with Crippen LogP contribution in [0.1, 0.15) is 65.2 Å². The molecule has 0 spiro atoms. The van der Waals surface area contributed by atoms with E-state index in [0.717, 1.165) is 38.5 Å². The minimum Gasteiger partial charge on any atom is -0.377 e. The summed E-state index contributed by atoms with van der Waals surface area (Å²) in [5, 5.41) is 11.0. The molecule has 4 aliphatic carbocycles. The fourth-order valence-electron chi connectivity index (χ4n) is 6.81. The van der Waals surface area contributed by atoms with Gasteiger partial charge in [-0.3, -0.25) is 4.79 Å². The minimum atomic E-state index is -0.914. The Kier molecular flexibility index (Phi) is 3.18. The molecule has 0 heterocycles. The molecule has 4 aliphatic rings. The molecule has 23 heavy (non-hydrogen) atoms. The van der Waals surface area contributed by atoms with Crippen molar-refractivity contribution in [3.63, 3.8) is 0 Å². The van der Waals surface area contributed by atoms with Crippen molar-refractivity contribution in [1.29, 1.82) is 0 Å². The summed E-state index contributed by atoms with van der Waals surface area (Å²) >= 11 is 0. The van der Waals surface area contributed by atoms with Crippen LogP contribution in [0.3, 0.4) is 0 Å². The van der Waals surface area contributed by atoms with Gasteiger partial charge in [0.15, 0.2) is 5.78 Å². The summed E-state index contributed by atoms with van der Waals surface area (Å²) in [6, 6.07) is 0. The lowest BCUT2D eigenvalue weighted by molar-refractivity contribution is -0.119. The van der Waals surface area contributed by atoms with E-state index in [4.69, 9.17) is 6.42 Å². The van der Waals surface area contributed by atoms with Crippen LogP contribution in [0, 0.1) is 40.9 Å². The molecular formula is C21H28O2. The Morgan fingerprint density at radius 3 is 2.61 bits per heavy atom. The van der Waals surface area contributed by atoms with E-state index >= 15 is 0 Å². The molecule has 1 N–H and O–H groups in total. The van der Waals surface area contributed by atoms with E-state index < -0.39 is 5.60 Å². The van der Waals surface area contributed by atoms with Crippen LogP contribution in [-0.2, 0) is 4.79 Å². The maximum absolute atomic E-state index is 11.8. The summed E-state index contributed by atoms with van der Waals surface area (Å²) in [6.45, 7) is 4.63. The molecule has 0 aromatic rings. The van der Waals surface area contributed by atoms with Crippen LogP contribution in [0.2, 0.25) is 0 Å². The third-order valence-electron chi connectivity index (χ3n) is 8.35. The van der Waals surface area contributed by atoms with Crippen molar-refractivity contribution in [2.45, 2.75) is 70.8 Å². The summed E-state index contributed by atoms with van der Waals surface area (Å²) in [4.78, 5) is 11.8. The van der Waals surface area contributed by atoms with Gasteiger partial charge in [-0.2, -0.15) is 0 Å². The average molecular weight is 314 g/mol. The highest BCUT2D eigenvalue weighted by molar-refractivity contribution is 5.91. The lowest BCUT2D eigenvalue weighted by Crippen LogP contribution is -2.54. The average Bonchev–Trinajstić information content (AvgIpc) is 2.80. The molecule has 0 saturated heterocycles. The highest BCUT2D eigenvalue weighted by atomic mass is 16.3. The van der Waals surface area contributed by atoms with Gasteiger partial charge in [0.25, 0.3) is 0 Å². The number of fused-ring (bicyclic) bond motifs is 5. The van der Waals surface area contributed by atoms with Gasteiger partial charge in [0.05, 0.1) is 0 Å². The number of carbonyl (C=O) groups is 1. The summed E-state index contributed by atoms with van der Waals surface area (Å²) in [5.74, 6) is 4.93. The smallest absolute Gasteiger partial charge is 0.155 e. The number of carbonyl (C=O) groups excluding carboxylic acids is 1. The predicted octanol–water partition coefficient (Wildman–Crippen LogP) is 3.88. The number of ketones is 1. The number of hydrogen-bond donors (Lipinski definition) is 1. The second-order valence-corrected chi connectivity index (χ2v) is 8.97. The van der Waals surface area contributed by atoms with Gasteiger partial charge in [0.1, 0.15) is 5.60 Å². The van der Waals surface area contributed by atoms with Crippen molar-refractivity contribution in [3.8, 4) is 12.3 Å². The van der Waals surface area contributed by atoms with Gasteiger partial charge in [0.2, 0.25) is 0 Å². The quantitative estimate of drug-likeness (QED) is 0.544. The van der Waals surface area contributed by atoms with Gasteiger partial charge in [-0.25, -0.2) is 0 Å². The molecule has 0 radical (unpaired) electrons. The molecule has 0 amide bonds. The van der Waals surface area contributed by atoms with Crippen LogP contribution in [0.4, 0.5) is 0 Å². The molecule has 3 fully saturated rings. The zero-order valence-electron chi connectivity index (χ0n) is 14.4. The van der Waals surface area contributed by atoms with Gasteiger partial charge in [-0.1, -0.05) is 25.3 Å². The molecule has 3 saturated carbocycles. The topological polar surface area (TPSA) is 37.3 Å². The number of terminal acetylenes is 1. The fraction of sp³-hybridized carbons (Fsp3) is 0.762. The van der Waals surface area contributed by atoms with Crippen molar-refractivity contribution in [2.75, 3.05) is 0 Å². The SMILES string of the molecule is C[C@@]12CCC(=O)C=C1CC[C@H]1[C@H]2CC[C@]2(C)[C@@H]1CC[C@]2(O)[13C]#[13CH]. The van der Waals surface area contributed by atoms with Gasteiger partial charge in [-0.05, 0) is 74.2 Å². The monoisotopic (exact) mass is 314 g/mol. The summed E-state index contributed by atoms with van der Waals surface area (Å²) in [5.41, 5.74) is 0.575. The Morgan fingerprint density at radius 2 is 1.87 bits per heavy atom. The van der Waals surface area contributed by atoms with Gasteiger partial charge >= 0.3 is 0 Å². The normalized spacial score (nSPS) is 52.0. The first-order valence-corrected chi connectivity index (χ1v) is 9.28. The second-order valence-electron chi connectivity index (χ2n) is 8.97. The molecule has 0 aliphatic heterocycles. The second kappa shape index (κ2) is 4.73. The Hall–Kier alpha value is -1.07. The van der Waals surface area contributed by atoms with Crippen LogP contribution in [0.15, 0.2) is 11.6 Å². The Bertz CT molecular complexity index is 626. The van der Waals surface area contributed by atoms with Crippen LogP contribution in [0.5, 0.6) is 0 Å². The molecule has 4 rings (SSSR count). The lowest BCUT2D eigenvalue weighted by Gasteiger charge is -2.58. The minimum absolute atomic E-state index is 0.120. The molecule has 0 bridgehead atoms. The molecule has 0 aromatic carbocycles. The van der Waals surface area contributed by atoms with E-state index in [-0.39, 0.29) is 10.8 Å². The van der Waals surface area contributed by atoms with E-state index in [1.165, 1.54) is 12.0 Å². The number of hydrogen-bond acceptors (Lipinski definition) is 2. The molecular weight excluding hydrogens is 286 g/mol. The van der Waals surface area contributed by atoms with Crippen LogP contribution >= 0.6 is 0 Å². The summed E-state index contributed by atoms with van der Waals surface area (Å²) in [6.07, 6.45) is 15.6. The number of aliphatic hydroxyl groups is 1. The number of allylic oxidation sites excluding steroid dienone is 1. The zero-order valence-corrected chi connectivity index (χ0v) is 14.4. The molecule has 6 atom stereocenters. The first-order valence-electron chi connectivity index (χ1n) is 9.28. The highest BCUT2D eigenvalue weighted by Gasteiger charge is 2.63. The molecule has 2 heteroatoms. The largest absolute Gasteiger partial charge is 0.377 e. The van der Waals surface area contributed by atoms with E-state index in [0.29, 0.717) is 30.0 Å². The van der Waals surface area contributed by atoms with Crippen LogP contribution < -0.4 is 0 Å². The summed E-state index contributed by atoms with van der Waals surface area (Å²) in [7, 11) is 0. The van der Waals surface area contributed by atoms with Gasteiger partial charge in [0, 0.05) is 11.8 Å². The van der Waals surface area contributed by atoms with Crippen LogP contribution in [-0.4, -0.2) is 16.5 Å². The first kappa shape index (κ1) is 15.5. The van der Waals surface area contributed by atoms with Crippen molar-refractivity contribution in [3.05, 3.63) is 11.6 Å².